The van der Waals surface area contributed by atoms with Crippen LogP contribution in [0.2, 0.25) is 0 Å². The standard InChI is InChI=1S/C19H23NO6S/c1-4-24-17-12-11-16(13-18(17)25-5-2)27(22,23)20-15-9-7-14(8-10-15)19(21)26-6-3/h7-13,20H,4-6H2,1-3H3. The molecule has 0 aliphatic carbocycles. The summed E-state index contributed by atoms with van der Waals surface area (Å²) in [6.07, 6.45) is 0. The summed E-state index contributed by atoms with van der Waals surface area (Å²) in [7, 11) is -3.83. The Hall–Kier alpha value is -2.74. The van der Waals surface area contributed by atoms with Gasteiger partial charge in [0, 0.05) is 11.8 Å². The highest BCUT2D eigenvalue weighted by Crippen LogP contribution is 2.31. The zero-order chi connectivity index (χ0) is 19.9. The van der Waals surface area contributed by atoms with Gasteiger partial charge in [-0.05, 0) is 57.2 Å². The smallest absolute Gasteiger partial charge is 0.338 e. The van der Waals surface area contributed by atoms with Gasteiger partial charge in [0.15, 0.2) is 11.5 Å². The van der Waals surface area contributed by atoms with E-state index in [0.717, 1.165) is 0 Å². The first kappa shape index (κ1) is 20.6. The summed E-state index contributed by atoms with van der Waals surface area (Å²) in [5, 5.41) is 0. The lowest BCUT2D eigenvalue weighted by atomic mass is 10.2. The Morgan fingerprint density at radius 3 is 2.11 bits per heavy atom. The molecule has 0 fully saturated rings. The summed E-state index contributed by atoms with van der Waals surface area (Å²) in [4.78, 5) is 11.7. The summed E-state index contributed by atoms with van der Waals surface area (Å²) in [6.45, 7) is 6.45. The number of nitrogens with one attached hydrogen (secondary N) is 1. The number of carbonyl (C=O) groups is 1. The van der Waals surface area contributed by atoms with Crippen molar-refractivity contribution in [3.8, 4) is 11.5 Å². The Morgan fingerprint density at radius 2 is 1.52 bits per heavy atom. The van der Waals surface area contributed by atoms with Crippen LogP contribution < -0.4 is 14.2 Å². The summed E-state index contributed by atoms with van der Waals surface area (Å²) < 4.78 is 43.6. The highest BCUT2D eigenvalue weighted by atomic mass is 32.2. The van der Waals surface area contributed by atoms with Crippen molar-refractivity contribution < 1.29 is 27.4 Å². The van der Waals surface area contributed by atoms with Gasteiger partial charge in [-0.1, -0.05) is 0 Å². The number of ether oxygens (including phenoxy) is 3. The third kappa shape index (κ3) is 5.37. The summed E-state index contributed by atoms with van der Waals surface area (Å²) in [5.74, 6) is 0.386. The van der Waals surface area contributed by atoms with Crippen molar-refractivity contribution in [3.63, 3.8) is 0 Å². The van der Waals surface area contributed by atoms with E-state index in [-0.39, 0.29) is 11.5 Å². The predicted octanol–water partition coefficient (Wildman–Crippen LogP) is 3.46. The van der Waals surface area contributed by atoms with E-state index in [2.05, 4.69) is 4.72 Å². The number of carbonyl (C=O) groups excluding carboxylic acids is 1. The molecule has 2 rings (SSSR count). The van der Waals surface area contributed by atoms with E-state index in [0.29, 0.717) is 36.0 Å². The lowest BCUT2D eigenvalue weighted by Crippen LogP contribution is -2.13. The molecule has 0 spiro atoms. The van der Waals surface area contributed by atoms with Gasteiger partial charge in [0.2, 0.25) is 0 Å². The minimum absolute atomic E-state index is 0.0453. The molecule has 0 bridgehead atoms. The maximum atomic E-state index is 12.6. The molecule has 0 amide bonds. The third-order valence-electron chi connectivity index (χ3n) is 3.47. The molecule has 0 radical (unpaired) electrons. The minimum Gasteiger partial charge on any atom is -0.490 e. The van der Waals surface area contributed by atoms with Crippen LogP contribution in [0.25, 0.3) is 0 Å². The van der Waals surface area contributed by atoms with Gasteiger partial charge >= 0.3 is 5.97 Å². The SMILES string of the molecule is CCOC(=O)c1ccc(NS(=O)(=O)c2ccc(OCC)c(OCC)c2)cc1. The Bertz CT molecular complexity index is 878. The van der Waals surface area contributed by atoms with E-state index in [4.69, 9.17) is 14.2 Å². The molecular formula is C19H23NO6S. The van der Waals surface area contributed by atoms with Crippen LogP contribution in [0, 0.1) is 0 Å². The molecule has 0 saturated heterocycles. The molecule has 0 aliphatic heterocycles. The van der Waals surface area contributed by atoms with Gasteiger partial charge in [0.1, 0.15) is 0 Å². The van der Waals surface area contributed by atoms with E-state index < -0.39 is 16.0 Å². The van der Waals surface area contributed by atoms with Crippen LogP contribution in [0.15, 0.2) is 47.4 Å². The summed E-state index contributed by atoms with van der Waals surface area (Å²) in [5.41, 5.74) is 0.675. The Balaban J connectivity index is 2.23. The number of sulfonamides is 1. The van der Waals surface area contributed by atoms with E-state index in [1.807, 2.05) is 6.92 Å². The second kappa shape index (κ2) is 9.27. The van der Waals surface area contributed by atoms with Gasteiger partial charge in [-0.25, -0.2) is 13.2 Å². The number of anilines is 1. The topological polar surface area (TPSA) is 90.9 Å². The zero-order valence-electron chi connectivity index (χ0n) is 15.5. The van der Waals surface area contributed by atoms with Crippen LogP contribution in [0.5, 0.6) is 11.5 Å². The number of rotatable bonds is 9. The molecule has 27 heavy (non-hydrogen) atoms. The van der Waals surface area contributed by atoms with Crippen LogP contribution in [0.1, 0.15) is 31.1 Å². The summed E-state index contributed by atoms with van der Waals surface area (Å²) in [6, 6.07) is 10.4. The van der Waals surface area contributed by atoms with Crippen molar-refractivity contribution in [2.75, 3.05) is 24.5 Å². The molecule has 2 aromatic rings. The maximum Gasteiger partial charge on any atom is 0.338 e. The van der Waals surface area contributed by atoms with Crippen molar-refractivity contribution in [3.05, 3.63) is 48.0 Å². The fourth-order valence-corrected chi connectivity index (χ4v) is 3.38. The highest BCUT2D eigenvalue weighted by Gasteiger charge is 2.18. The van der Waals surface area contributed by atoms with Crippen LogP contribution >= 0.6 is 0 Å². The highest BCUT2D eigenvalue weighted by molar-refractivity contribution is 7.92. The largest absolute Gasteiger partial charge is 0.490 e. The molecule has 7 nitrogen and oxygen atoms in total. The van der Waals surface area contributed by atoms with Crippen molar-refractivity contribution in [2.45, 2.75) is 25.7 Å². The Morgan fingerprint density at radius 1 is 0.889 bits per heavy atom. The fraction of sp³-hybridized carbons (Fsp3) is 0.316. The molecule has 2 aromatic carbocycles. The van der Waals surface area contributed by atoms with E-state index in [9.17, 15) is 13.2 Å². The van der Waals surface area contributed by atoms with Gasteiger partial charge in [0.25, 0.3) is 10.0 Å². The van der Waals surface area contributed by atoms with Gasteiger partial charge in [-0.15, -0.1) is 0 Å². The number of hydrogen-bond acceptors (Lipinski definition) is 6. The first-order valence-corrected chi connectivity index (χ1v) is 10.1. The lowest BCUT2D eigenvalue weighted by molar-refractivity contribution is 0.0526. The molecule has 8 heteroatoms. The first-order valence-electron chi connectivity index (χ1n) is 8.60. The van der Waals surface area contributed by atoms with Crippen molar-refractivity contribution in [2.24, 2.45) is 0 Å². The zero-order valence-corrected chi connectivity index (χ0v) is 16.3. The Labute approximate surface area is 159 Å². The molecule has 0 heterocycles. The second-order valence-electron chi connectivity index (χ2n) is 5.38. The quantitative estimate of drug-likeness (QED) is 0.656. The van der Waals surface area contributed by atoms with Crippen LogP contribution in [-0.2, 0) is 14.8 Å². The van der Waals surface area contributed by atoms with Crippen molar-refractivity contribution >= 4 is 21.7 Å². The van der Waals surface area contributed by atoms with Crippen LogP contribution in [-0.4, -0.2) is 34.2 Å². The van der Waals surface area contributed by atoms with Crippen molar-refractivity contribution in [1.82, 2.24) is 0 Å². The average Bonchev–Trinajstić information content (AvgIpc) is 2.64. The maximum absolute atomic E-state index is 12.6. The molecular weight excluding hydrogens is 370 g/mol. The number of hydrogen-bond donors (Lipinski definition) is 1. The van der Waals surface area contributed by atoms with E-state index in [1.165, 1.54) is 36.4 Å². The lowest BCUT2D eigenvalue weighted by Gasteiger charge is -2.13. The van der Waals surface area contributed by atoms with E-state index in [1.54, 1.807) is 19.9 Å². The van der Waals surface area contributed by atoms with E-state index >= 15 is 0 Å². The molecule has 0 aromatic heterocycles. The van der Waals surface area contributed by atoms with Crippen LogP contribution in [0.4, 0.5) is 5.69 Å². The third-order valence-corrected chi connectivity index (χ3v) is 4.85. The van der Waals surface area contributed by atoms with Gasteiger partial charge in [-0.2, -0.15) is 0 Å². The normalized spacial score (nSPS) is 10.9. The fourth-order valence-electron chi connectivity index (χ4n) is 2.30. The monoisotopic (exact) mass is 393 g/mol. The Kier molecular flexibility index (Phi) is 7.06. The number of esters is 1. The van der Waals surface area contributed by atoms with Gasteiger partial charge < -0.3 is 14.2 Å². The second-order valence-corrected chi connectivity index (χ2v) is 7.06. The molecule has 1 N–H and O–H groups in total. The number of benzene rings is 2. The van der Waals surface area contributed by atoms with Crippen molar-refractivity contribution in [1.29, 1.82) is 0 Å². The molecule has 146 valence electrons. The molecule has 0 unspecified atom stereocenters. The molecule has 0 atom stereocenters. The van der Waals surface area contributed by atoms with Gasteiger partial charge in [0.05, 0.1) is 30.3 Å². The molecule has 0 saturated carbocycles. The molecule has 0 aliphatic rings. The average molecular weight is 393 g/mol. The van der Waals surface area contributed by atoms with Gasteiger partial charge in [-0.3, -0.25) is 4.72 Å². The first-order chi connectivity index (χ1) is 12.9. The van der Waals surface area contributed by atoms with Crippen LogP contribution in [0.3, 0.4) is 0 Å². The summed E-state index contributed by atoms with van der Waals surface area (Å²) >= 11 is 0. The minimum atomic E-state index is -3.83. The predicted molar refractivity (Wildman–Crippen MR) is 102 cm³/mol.